The number of aryl methyl sites for hydroxylation is 2. The fourth-order valence-electron chi connectivity index (χ4n) is 1.74. The summed E-state index contributed by atoms with van der Waals surface area (Å²) in [5.74, 6) is 0. The summed E-state index contributed by atoms with van der Waals surface area (Å²) in [6.45, 7) is 3.37. The number of nitrogens with one attached hydrogen (secondary N) is 1. The summed E-state index contributed by atoms with van der Waals surface area (Å²) >= 11 is 1.41. The van der Waals surface area contributed by atoms with Crippen molar-refractivity contribution >= 4 is 21.4 Å². The van der Waals surface area contributed by atoms with E-state index in [0.717, 1.165) is 10.6 Å². The molecule has 2 heterocycles. The van der Waals surface area contributed by atoms with Crippen LogP contribution in [0.15, 0.2) is 10.5 Å². The zero-order valence-corrected chi connectivity index (χ0v) is 13.0. The first-order valence-corrected chi connectivity index (χ1v) is 8.20. The van der Waals surface area contributed by atoms with Gasteiger partial charge in [-0.1, -0.05) is 0 Å². The number of hydrogen-bond donors (Lipinski definition) is 2. The summed E-state index contributed by atoms with van der Waals surface area (Å²) in [4.78, 5) is 4.98. The molecule has 20 heavy (non-hydrogen) atoms. The number of sulfonamides is 1. The van der Waals surface area contributed by atoms with Crippen LogP contribution in [0.1, 0.15) is 21.8 Å². The van der Waals surface area contributed by atoms with Crippen molar-refractivity contribution in [3.05, 3.63) is 27.3 Å². The molecule has 0 radical (unpaired) electrons. The fourth-order valence-corrected chi connectivity index (χ4v) is 3.94. The lowest BCUT2D eigenvalue weighted by Crippen LogP contribution is -2.27. The Hall–Kier alpha value is -1.29. The van der Waals surface area contributed by atoms with E-state index in [2.05, 4.69) is 15.2 Å². The van der Waals surface area contributed by atoms with Crippen molar-refractivity contribution in [1.29, 1.82) is 0 Å². The van der Waals surface area contributed by atoms with E-state index in [4.69, 9.17) is 0 Å². The van der Waals surface area contributed by atoms with Crippen LogP contribution >= 0.6 is 11.3 Å². The summed E-state index contributed by atoms with van der Waals surface area (Å²) in [5.41, 5.74) is 3.35. The van der Waals surface area contributed by atoms with Crippen LogP contribution < -0.4 is 0 Å². The smallest absolute Gasteiger partial charge is 0.262 e. The summed E-state index contributed by atoms with van der Waals surface area (Å²) in [6, 6.07) is 0. The summed E-state index contributed by atoms with van der Waals surface area (Å²) in [7, 11) is -2.26. The molecule has 0 fully saturated rings. The van der Waals surface area contributed by atoms with Gasteiger partial charge in [0.2, 0.25) is 0 Å². The van der Waals surface area contributed by atoms with Gasteiger partial charge in [-0.05, 0) is 13.8 Å². The largest absolute Gasteiger partial charge is 0.392 e. The van der Waals surface area contributed by atoms with Gasteiger partial charge in [-0.15, -0.1) is 11.3 Å². The van der Waals surface area contributed by atoms with Crippen molar-refractivity contribution in [1.82, 2.24) is 19.5 Å². The SMILES string of the molecule is Cc1ncsc1CN(C)S(=O)(=O)c1n[nH]c(C)c1CO. The molecule has 0 saturated carbocycles. The molecule has 0 saturated heterocycles. The van der Waals surface area contributed by atoms with Gasteiger partial charge in [0.25, 0.3) is 10.0 Å². The first kappa shape index (κ1) is 15.1. The van der Waals surface area contributed by atoms with Crippen LogP contribution in [0.4, 0.5) is 0 Å². The highest BCUT2D eigenvalue weighted by atomic mass is 32.2. The molecular weight excluding hydrogens is 300 g/mol. The van der Waals surface area contributed by atoms with Crippen molar-refractivity contribution in [2.24, 2.45) is 0 Å². The second kappa shape index (κ2) is 5.60. The first-order valence-electron chi connectivity index (χ1n) is 5.88. The van der Waals surface area contributed by atoms with Gasteiger partial charge < -0.3 is 5.11 Å². The maximum Gasteiger partial charge on any atom is 0.262 e. The molecule has 0 aliphatic heterocycles. The molecule has 7 nitrogen and oxygen atoms in total. The number of rotatable bonds is 5. The van der Waals surface area contributed by atoms with Gasteiger partial charge in [-0.2, -0.15) is 9.40 Å². The van der Waals surface area contributed by atoms with Crippen LogP contribution in [0, 0.1) is 13.8 Å². The molecule has 0 bridgehead atoms. The quantitative estimate of drug-likeness (QED) is 0.850. The summed E-state index contributed by atoms with van der Waals surface area (Å²) in [5, 5.41) is 15.6. The maximum atomic E-state index is 12.5. The van der Waals surface area contributed by atoms with E-state index in [9.17, 15) is 13.5 Å². The predicted octanol–water partition coefficient (Wildman–Crippen LogP) is 0.796. The highest BCUT2D eigenvalue weighted by Gasteiger charge is 2.28. The molecule has 2 rings (SSSR count). The van der Waals surface area contributed by atoms with E-state index in [1.165, 1.54) is 22.7 Å². The number of aromatic nitrogens is 3. The molecular formula is C11H16N4O3S2. The standard InChI is InChI=1S/C11H16N4O3S2/c1-7-9(5-16)11(14-13-7)20(17,18)15(3)4-10-8(2)12-6-19-10/h6,16H,4-5H2,1-3H3,(H,13,14). The van der Waals surface area contributed by atoms with Gasteiger partial charge in [0, 0.05) is 29.7 Å². The van der Waals surface area contributed by atoms with Crippen LogP contribution in [-0.2, 0) is 23.2 Å². The molecule has 0 amide bonds. The fraction of sp³-hybridized carbons (Fsp3) is 0.455. The van der Waals surface area contributed by atoms with Crippen LogP contribution in [0.25, 0.3) is 0 Å². The third-order valence-corrected chi connectivity index (χ3v) is 5.76. The average molecular weight is 316 g/mol. The minimum Gasteiger partial charge on any atom is -0.392 e. The van der Waals surface area contributed by atoms with Gasteiger partial charge in [-0.3, -0.25) is 5.10 Å². The zero-order chi connectivity index (χ0) is 14.9. The zero-order valence-electron chi connectivity index (χ0n) is 11.4. The summed E-state index contributed by atoms with van der Waals surface area (Å²) < 4.78 is 26.2. The Morgan fingerprint density at radius 2 is 2.15 bits per heavy atom. The molecule has 2 aromatic heterocycles. The van der Waals surface area contributed by atoms with E-state index in [0.29, 0.717) is 11.3 Å². The lowest BCUT2D eigenvalue weighted by atomic mass is 10.3. The van der Waals surface area contributed by atoms with Crippen LogP contribution in [0.5, 0.6) is 0 Å². The molecule has 0 atom stereocenters. The lowest BCUT2D eigenvalue weighted by Gasteiger charge is -2.15. The number of thiazole rings is 1. The number of aliphatic hydroxyl groups excluding tert-OH is 1. The van der Waals surface area contributed by atoms with E-state index >= 15 is 0 Å². The molecule has 2 N–H and O–H groups in total. The monoisotopic (exact) mass is 316 g/mol. The van der Waals surface area contributed by atoms with Crippen LogP contribution in [-0.4, -0.2) is 40.1 Å². The number of hydrogen-bond acceptors (Lipinski definition) is 6. The van der Waals surface area contributed by atoms with E-state index < -0.39 is 10.0 Å². The maximum absolute atomic E-state index is 12.5. The van der Waals surface area contributed by atoms with E-state index in [1.807, 2.05) is 6.92 Å². The Morgan fingerprint density at radius 1 is 1.45 bits per heavy atom. The molecule has 0 unspecified atom stereocenters. The Kier molecular flexibility index (Phi) is 4.23. The van der Waals surface area contributed by atoms with Crippen LogP contribution in [0.2, 0.25) is 0 Å². The number of H-pyrrole nitrogens is 1. The molecule has 0 aliphatic carbocycles. The lowest BCUT2D eigenvalue weighted by molar-refractivity contribution is 0.277. The van der Waals surface area contributed by atoms with Crippen molar-refractivity contribution in [3.63, 3.8) is 0 Å². The van der Waals surface area contributed by atoms with Crippen molar-refractivity contribution in [3.8, 4) is 0 Å². The first-order chi connectivity index (χ1) is 9.37. The number of aliphatic hydroxyl groups is 1. The van der Waals surface area contributed by atoms with Crippen molar-refractivity contribution in [2.45, 2.75) is 32.0 Å². The molecule has 9 heteroatoms. The number of nitrogens with zero attached hydrogens (tertiary/aromatic N) is 3. The van der Waals surface area contributed by atoms with Gasteiger partial charge in [0.15, 0.2) is 5.03 Å². The highest BCUT2D eigenvalue weighted by Crippen LogP contribution is 2.22. The summed E-state index contributed by atoms with van der Waals surface area (Å²) in [6.07, 6.45) is 0. The van der Waals surface area contributed by atoms with Crippen molar-refractivity contribution < 1.29 is 13.5 Å². The molecule has 0 spiro atoms. The van der Waals surface area contributed by atoms with Gasteiger partial charge >= 0.3 is 0 Å². The average Bonchev–Trinajstić information content (AvgIpc) is 2.96. The number of aromatic amines is 1. The Balaban J connectivity index is 2.32. The minimum atomic E-state index is -3.74. The second-order valence-electron chi connectivity index (χ2n) is 4.41. The normalized spacial score (nSPS) is 12.2. The second-order valence-corrected chi connectivity index (χ2v) is 7.31. The van der Waals surface area contributed by atoms with E-state index in [-0.39, 0.29) is 18.2 Å². The Morgan fingerprint density at radius 3 is 2.70 bits per heavy atom. The molecule has 110 valence electrons. The van der Waals surface area contributed by atoms with E-state index in [1.54, 1.807) is 12.4 Å². The van der Waals surface area contributed by atoms with Gasteiger partial charge in [0.05, 0.1) is 17.8 Å². The van der Waals surface area contributed by atoms with Crippen molar-refractivity contribution in [2.75, 3.05) is 7.05 Å². The topological polar surface area (TPSA) is 99.2 Å². The van der Waals surface area contributed by atoms with Gasteiger partial charge in [0.1, 0.15) is 0 Å². The highest BCUT2D eigenvalue weighted by molar-refractivity contribution is 7.89. The molecule has 0 aliphatic rings. The Bertz CT molecular complexity index is 705. The van der Waals surface area contributed by atoms with Gasteiger partial charge in [-0.25, -0.2) is 13.4 Å². The predicted molar refractivity (Wildman–Crippen MR) is 74.8 cm³/mol. The third kappa shape index (κ3) is 2.62. The molecule has 2 aromatic rings. The van der Waals surface area contributed by atoms with Crippen LogP contribution in [0.3, 0.4) is 0 Å². The molecule has 0 aromatic carbocycles. The Labute approximate surface area is 121 Å². The third-order valence-electron chi connectivity index (χ3n) is 3.06. The minimum absolute atomic E-state index is 0.123.